The standard InChI is InChI=1S/C15H29N3O/c1-12(2)17-7-9-18(10-8-17)15(19)11-13-3-5-14(16)6-4-13/h12-14H,3-11,16H2,1-2H3. The van der Waals surface area contributed by atoms with Crippen LogP contribution in [0, 0.1) is 5.92 Å². The van der Waals surface area contributed by atoms with Gasteiger partial charge in [-0.15, -0.1) is 0 Å². The fraction of sp³-hybridized carbons (Fsp3) is 0.933. The molecule has 1 amide bonds. The van der Waals surface area contributed by atoms with E-state index < -0.39 is 0 Å². The van der Waals surface area contributed by atoms with E-state index in [1.165, 1.54) is 0 Å². The lowest BCUT2D eigenvalue weighted by Gasteiger charge is -2.37. The van der Waals surface area contributed by atoms with Crippen molar-refractivity contribution in [2.45, 2.75) is 58.0 Å². The van der Waals surface area contributed by atoms with Crippen LogP contribution in [0.4, 0.5) is 0 Å². The van der Waals surface area contributed by atoms with Crippen LogP contribution >= 0.6 is 0 Å². The maximum atomic E-state index is 12.3. The van der Waals surface area contributed by atoms with Gasteiger partial charge in [-0.2, -0.15) is 0 Å². The molecular weight excluding hydrogens is 238 g/mol. The molecule has 19 heavy (non-hydrogen) atoms. The summed E-state index contributed by atoms with van der Waals surface area (Å²) >= 11 is 0. The highest BCUT2D eigenvalue weighted by atomic mass is 16.2. The van der Waals surface area contributed by atoms with Crippen molar-refractivity contribution in [1.82, 2.24) is 9.80 Å². The Morgan fingerprint density at radius 1 is 1.11 bits per heavy atom. The molecule has 1 aliphatic heterocycles. The zero-order valence-corrected chi connectivity index (χ0v) is 12.5. The fourth-order valence-corrected chi connectivity index (χ4v) is 3.26. The van der Waals surface area contributed by atoms with Gasteiger partial charge in [-0.25, -0.2) is 0 Å². The van der Waals surface area contributed by atoms with Crippen LogP contribution in [-0.4, -0.2) is 54.0 Å². The van der Waals surface area contributed by atoms with Crippen molar-refractivity contribution < 1.29 is 4.79 Å². The smallest absolute Gasteiger partial charge is 0.222 e. The zero-order chi connectivity index (χ0) is 13.8. The van der Waals surface area contributed by atoms with Gasteiger partial charge in [0.1, 0.15) is 0 Å². The first kappa shape index (κ1) is 14.8. The normalized spacial score (nSPS) is 29.8. The molecular formula is C15H29N3O. The third kappa shape index (κ3) is 4.18. The third-order valence-electron chi connectivity index (χ3n) is 4.75. The minimum atomic E-state index is 0.365. The minimum absolute atomic E-state index is 0.365. The Balaban J connectivity index is 1.72. The van der Waals surface area contributed by atoms with Gasteiger partial charge in [0.2, 0.25) is 5.91 Å². The Morgan fingerprint density at radius 3 is 2.21 bits per heavy atom. The van der Waals surface area contributed by atoms with Crippen LogP contribution in [0.15, 0.2) is 0 Å². The van der Waals surface area contributed by atoms with E-state index in [4.69, 9.17) is 5.73 Å². The Bertz CT molecular complexity index is 290. The van der Waals surface area contributed by atoms with Crippen molar-refractivity contribution in [1.29, 1.82) is 0 Å². The van der Waals surface area contributed by atoms with Crippen LogP contribution in [-0.2, 0) is 4.79 Å². The monoisotopic (exact) mass is 267 g/mol. The highest BCUT2D eigenvalue weighted by Gasteiger charge is 2.26. The van der Waals surface area contributed by atoms with Crippen molar-refractivity contribution >= 4 is 5.91 Å². The lowest BCUT2D eigenvalue weighted by molar-refractivity contribution is -0.134. The van der Waals surface area contributed by atoms with Crippen LogP contribution in [0.3, 0.4) is 0 Å². The molecule has 4 nitrogen and oxygen atoms in total. The van der Waals surface area contributed by atoms with Gasteiger partial charge in [-0.3, -0.25) is 9.69 Å². The van der Waals surface area contributed by atoms with Crippen molar-refractivity contribution in [2.75, 3.05) is 26.2 Å². The number of nitrogens with two attached hydrogens (primary N) is 1. The average molecular weight is 267 g/mol. The molecule has 0 bridgehead atoms. The predicted molar refractivity (Wildman–Crippen MR) is 77.8 cm³/mol. The summed E-state index contributed by atoms with van der Waals surface area (Å²) in [6.45, 7) is 8.32. The van der Waals surface area contributed by atoms with Crippen LogP contribution in [0.2, 0.25) is 0 Å². The molecule has 2 fully saturated rings. The molecule has 0 unspecified atom stereocenters. The topological polar surface area (TPSA) is 49.6 Å². The van der Waals surface area contributed by atoms with Gasteiger partial charge in [0.05, 0.1) is 0 Å². The van der Waals surface area contributed by atoms with E-state index in [1.54, 1.807) is 0 Å². The number of hydrogen-bond donors (Lipinski definition) is 1. The van der Waals surface area contributed by atoms with Crippen LogP contribution in [0.1, 0.15) is 46.0 Å². The Kier molecular flexibility index (Phi) is 5.22. The molecule has 0 aromatic carbocycles. The van der Waals surface area contributed by atoms with Crippen LogP contribution in [0.25, 0.3) is 0 Å². The summed E-state index contributed by atoms with van der Waals surface area (Å²) in [6.07, 6.45) is 5.21. The largest absolute Gasteiger partial charge is 0.340 e. The van der Waals surface area contributed by atoms with Gasteiger partial charge in [0.25, 0.3) is 0 Å². The minimum Gasteiger partial charge on any atom is -0.340 e. The summed E-state index contributed by atoms with van der Waals surface area (Å²) in [5.74, 6) is 0.944. The molecule has 0 aromatic heterocycles. The number of carbonyl (C=O) groups excluding carboxylic acids is 1. The quantitative estimate of drug-likeness (QED) is 0.842. The van der Waals surface area contributed by atoms with Gasteiger partial charge in [-0.1, -0.05) is 0 Å². The van der Waals surface area contributed by atoms with Crippen molar-refractivity contribution in [3.63, 3.8) is 0 Å². The lowest BCUT2D eigenvalue weighted by atomic mass is 9.84. The summed E-state index contributed by atoms with van der Waals surface area (Å²) in [6, 6.07) is 0.970. The molecule has 110 valence electrons. The molecule has 4 heteroatoms. The Hall–Kier alpha value is -0.610. The number of piperazine rings is 1. The summed E-state index contributed by atoms with van der Waals surface area (Å²) in [5, 5.41) is 0. The Morgan fingerprint density at radius 2 is 1.68 bits per heavy atom. The van der Waals surface area contributed by atoms with E-state index in [2.05, 4.69) is 23.6 Å². The third-order valence-corrected chi connectivity index (χ3v) is 4.75. The van der Waals surface area contributed by atoms with Gasteiger partial charge in [0, 0.05) is 44.7 Å². The molecule has 1 heterocycles. The zero-order valence-electron chi connectivity index (χ0n) is 12.5. The molecule has 1 aliphatic carbocycles. The van der Waals surface area contributed by atoms with E-state index in [0.29, 0.717) is 23.9 Å². The molecule has 1 saturated heterocycles. The van der Waals surface area contributed by atoms with E-state index in [9.17, 15) is 4.79 Å². The second kappa shape index (κ2) is 6.71. The predicted octanol–water partition coefficient (Wildman–Crippen LogP) is 1.45. The van der Waals surface area contributed by atoms with E-state index >= 15 is 0 Å². The number of nitrogens with zero attached hydrogens (tertiary/aromatic N) is 2. The number of hydrogen-bond acceptors (Lipinski definition) is 3. The van der Waals surface area contributed by atoms with Crippen molar-refractivity contribution in [3.05, 3.63) is 0 Å². The fourth-order valence-electron chi connectivity index (χ4n) is 3.26. The second-order valence-electron chi connectivity index (χ2n) is 6.50. The van der Waals surface area contributed by atoms with E-state index in [1.807, 2.05) is 0 Å². The molecule has 1 saturated carbocycles. The highest BCUT2D eigenvalue weighted by Crippen LogP contribution is 2.26. The maximum absolute atomic E-state index is 12.3. The molecule has 0 aromatic rings. The summed E-state index contributed by atoms with van der Waals surface area (Å²) in [5.41, 5.74) is 5.91. The first-order valence-corrected chi connectivity index (χ1v) is 7.83. The summed E-state index contributed by atoms with van der Waals surface area (Å²) < 4.78 is 0. The van der Waals surface area contributed by atoms with Crippen LogP contribution < -0.4 is 5.73 Å². The van der Waals surface area contributed by atoms with Gasteiger partial charge in [0.15, 0.2) is 0 Å². The number of rotatable bonds is 3. The first-order valence-electron chi connectivity index (χ1n) is 7.83. The van der Waals surface area contributed by atoms with Crippen LogP contribution in [0.5, 0.6) is 0 Å². The molecule has 0 radical (unpaired) electrons. The van der Waals surface area contributed by atoms with Gasteiger partial charge >= 0.3 is 0 Å². The Labute approximate surface area is 117 Å². The summed E-state index contributed by atoms with van der Waals surface area (Å²) in [4.78, 5) is 16.8. The first-order chi connectivity index (χ1) is 9.06. The lowest BCUT2D eigenvalue weighted by Crippen LogP contribution is -2.51. The molecule has 2 rings (SSSR count). The number of carbonyl (C=O) groups is 1. The maximum Gasteiger partial charge on any atom is 0.222 e. The van der Waals surface area contributed by atoms with Crippen molar-refractivity contribution in [3.8, 4) is 0 Å². The van der Waals surface area contributed by atoms with Crippen molar-refractivity contribution in [2.24, 2.45) is 11.7 Å². The van der Waals surface area contributed by atoms with Gasteiger partial charge < -0.3 is 10.6 Å². The summed E-state index contributed by atoms with van der Waals surface area (Å²) in [7, 11) is 0. The number of amides is 1. The molecule has 0 atom stereocenters. The second-order valence-corrected chi connectivity index (χ2v) is 6.50. The molecule has 0 spiro atoms. The van der Waals surface area contributed by atoms with E-state index in [0.717, 1.165) is 58.3 Å². The average Bonchev–Trinajstić information content (AvgIpc) is 2.41. The van der Waals surface area contributed by atoms with E-state index in [-0.39, 0.29) is 0 Å². The molecule has 2 aliphatic rings. The van der Waals surface area contributed by atoms with Gasteiger partial charge in [-0.05, 0) is 45.4 Å². The molecule has 2 N–H and O–H groups in total. The highest BCUT2D eigenvalue weighted by molar-refractivity contribution is 5.76. The SMILES string of the molecule is CC(C)N1CCN(C(=O)CC2CCC(N)CC2)CC1.